The van der Waals surface area contributed by atoms with E-state index in [0.717, 1.165) is 18.0 Å². The molecule has 1 amide bonds. The normalized spacial score (nSPS) is 14.1. The number of imidazole rings is 1. The second kappa shape index (κ2) is 6.09. The predicted octanol–water partition coefficient (Wildman–Crippen LogP) is 3.01. The first-order valence-corrected chi connectivity index (χ1v) is 7.85. The molecule has 0 aliphatic carbocycles. The summed E-state index contributed by atoms with van der Waals surface area (Å²) < 4.78 is 1.71. The Bertz CT molecular complexity index is 729. The van der Waals surface area contributed by atoms with Crippen LogP contribution in [0.4, 0.5) is 0 Å². The van der Waals surface area contributed by atoms with Crippen molar-refractivity contribution in [2.24, 2.45) is 4.99 Å². The highest BCUT2D eigenvalue weighted by Gasteiger charge is 2.15. The van der Waals surface area contributed by atoms with Gasteiger partial charge < -0.3 is 4.57 Å². The number of halogens is 2. The number of nitrogens with one attached hydrogen (secondary N) is 1. The first-order valence-electron chi connectivity index (χ1n) is 6.11. The Balaban J connectivity index is 1.79. The maximum Gasteiger partial charge on any atom is 0.277 e. The van der Waals surface area contributed by atoms with Gasteiger partial charge in [0, 0.05) is 17.6 Å². The Morgan fingerprint density at radius 1 is 1.33 bits per heavy atom. The molecule has 2 aromatic rings. The highest BCUT2D eigenvalue weighted by atomic mass is 35.5. The molecule has 1 aromatic carbocycles. The zero-order valence-electron chi connectivity index (χ0n) is 10.7. The quantitative estimate of drug-likeness (QED) is 0.914. The zero-order chi connectivity index (χ0) is 14.8. The molecule has 1 aliphatic heterocycles. The maximum absolute atomic E-state index is 12.0. The van der Waals surface area contributed by atoms with E-state index in [-0.39, 0.29) is 5.91 Å². The molecule has 0 unspecified atom stereocenters. The van der Waals surface area contributed by atoms with E-state index in [1.807, 2.05) is 0 Å². The van der Waals surface area contributed by atoms with Crippen LogP contribution in [0.1, 0.15) is 10.5 Å². The number of aromatic nitrogens is 2. The average Bonchev–Trinajstić information content (AvgIpc) is 3.12. The number of thioether (sulfide) groups is 1. The van der Waals surface area contributed by atoms with E-state index >= 15 is 0 Å². The number of benzene rings is 1. The smallest absolute Gasteiger partial charge is 0.277 e. The van der Waals surface area contributed by atoms with Crippen molar-refractivity contribution in [1.29, 1.82) is 0 Å². The van der Waals surface area contributed by atoms with E-state index in [1.165, 1.54) is 11.8 Å². The maximum atomic E-state index is 12.0. The molecule has 1 N–H and O–H groups in total. The fourth-order valence-electron chi connectivity index (χ4n) is 1.80. The first-order chi connectivity index (χ1) is 10.1. The Morgan fingerprint density at radius 3 is 2.90 bits per heavy atom. The minimum atomic E-state index is -0.276. The summed E-state index contributed by atoms with van der Waals surface area (Å²) in [6.45, 7) is 0.734. The van der Waals surface area contributed by atoms with Crippen LogP contribution < -0.4 is 5.32 Å². The van der Waals surface area contributed by atoms with Crippen molar-refractivity contribution in [3.63, 3.8) is 0 Å². The molecule has 0 saturated carbocycles. The molecule has 5 nitrogen and oxygen atoms in total. The Hall–Kier alpha value is -1.50. The third-order valence-electron chi connectivity index (χ3n) is 2.82. The van der Waals surface area contributed by atoms with Gasteiger partial charge in [-0.15, -0.1) is 0 Å². The Labute approximate surface area is 135 Å². The van der Waals surface area contributed by atoms with Crippen LogP contribution in [0.25, 0.3) is 5.69 Å². The number of amides is 1. The van der Waals surface area contributed by atoms with Gasteiger partial charge in [0.1, 0.15) is 12.0 Å². The molecule has 2 heterocycles. The average molecular weight is 341 g/mol. The van der Waals surface area contributed by atoms with Gasteiger partial charge in [-0.05, 0) is 18.2 Å². The van der Waals surface area contributed by atoms with Crippen LogP contribution in [0.2, 0.25) is 10.0 Å². The molecule has 0 spiro atoms. The van der Waals surface area contributed by atoms with Crippen molar-refractivity contribution in [2.45, 2.75) is 0 Å². The minimum Gasteiger partial charge on any atom is -0.305 e. The molecule has 0 saturated heterocycles. The number of hydrogen-bond acceptors (Lipinski definition) is 4. The second-order valence-corrected chi connectivity index (χ2v) is 6.15. The highest BCUT2D eigenvalue weighted by molar-refractivity contribution is 8.14. The highest BCUT2D eigenvalue weighted by Crippen LogP contribution is 2.24. The van der Waals surface area contributed by atoms with Gasteiger partial charge in [0.25, 0.3) is 5.91 Å². The van der Waals surface area contributed by atoms with Gasteiger partial charge in [0.15, 0.2) is 5.17 Å². The minimum absolute atomic E-state index is 0.276. The first kappa shape index (κ1) is 14.4. The van der Waals surface area contributed by atoms with Gasteiger partial charge in [-0.1, -0.05) is 35.0 Å². The van der Waals surface area contributed by atoms with E-state index in [2.05, 4.69) is 15.3 Å². The van der Waals surface area contributed by atoms with Crippen LogP contribution in [-0.4, -0.2) is 32.9 Å². The second-order valence-electron chi connectivity index (χ2n) is 4.25. The Morgan fingerprint density at radius 2 is 2.19 bits per heavy atom. The van der Waals surface area contributed by atoms with Gasteiger partial charge in [0.05, 0.1) is 16.6 Å². The summed E-state index contributed by atoms with van der Waals surface area (Å²) in [5, 5.41) is 4.31. The van der Waals surface area contributed by atoms with Crippen LogP contribution >= 0.6 is 35.0 Å². The van der Waals surface area contributed by atoms with Crippen LogP contribution in [0.3, 0.4) is 0 Å². The van der Waals surface area contributed by atoms with E-state index in [9.17, 15) is 4.79 Å². The Kier molecular flexibility index (Phi) is 4.19. The summed E-state index contributed by atoms with van der Waals surface area (Å²) in [5.41, 5.74) is 1.10. The fourth-order valence-corrected chi connectivity index (χ4v) is 2.81. The van der Waals surface area contributed by atoms with Crippen LogP contribution in [-0.2, 0) is 0 Å². The summed E-state index contributed by atoms with van der Waals surface area (Å²) in [6.07, 6.45) is 3.19. The predicted molar refractivity (Wildman–Crippen MR) is 85.8 cm³/mol. The molecule has 108 valence electrons. The lowest BCUT2D eigenvalue weighted by Crippen LogP contribution is -2.27. The number of hydrogen-bond donors (Lipinski definition) is 1. The SMILES string of the molecule is O=C(NC1=NCCS1)c1cn(-c2ccc(Cl)c(Cl)c2)cn1. The van der Waals surface area contributed by atoms with E-state index in [0.29, 0.717) is 20.9 Å². The third-order valence-corrected chi connectivity index (χ3v) is 4.45. The summed E-state index contributed by atoms with van der Waals surface area (Å²) in [7, 11) is 0. The van der Waals surface area contributed by atoms with Crippen LogP contribution in [0.5, 0.6) is 0 Å². The fraction of sp³-hybridized carbons (Fsp3) is 0.154. The molecule has 8 heteroatoms. The van der Waals surface area contributed by atoms with Crippen molar-refractivity contribution in [2.75, 3.05) is 12.3 Å². The van der Waals surface area contributed by atoms with Crippen molar-refractivity contribution < 1.29 is 4.79 Å². The monoisotopic (exact) mass is 340 g/mol. The van der Waals surface area contributed by atoms with Crippen molar-refractivity contribution in [3.8, 4) is 5.69 Å². The molecule has 1 aliphatic rings. The standard InChI is InChI=1S/C13H10Cl2N4OS/c14-9-2-1-8(5-10(9)15)19-6-11(17-7-19)12(20)18-13-16-3-4-21-13/h1-2,5-7H,3-4H2,(H,16,18,20). The van der Waals surface area contributed by atoms with Crippen LogP contribution in [0.15, 0.2) is 35.7 Å². The zero-order valence-corrected chi connectivity index (χ0v) is 13.0. The molecule has 21 heavy (non-hydrogen) atoms. The van der Waals surface area contributed by atoms with Gasteiger partial charge in [-0.25, -0.2) is 4.98 Å². The number of nitrogens with zero attached hydrogens (tertiary/aromatic N) is 3. The number of aliphatic imine (C=N–C) groups is 1. The number of carbonyl (C=O) groups is 1. The summed E-state index contributed by atoms with van der Waals surface area (Å²) >= 11 is 13.4. The summed E-state index contributed by atoms with van der Waals surface area (Å²) in [5.74, 6) is 0.620. The molecule has 3 rings (SSSR count). The van der Waals surface area contributed by atoms with Crippen molar-refractivity contribution in [3.05, 3.63) is 46.5 Å². The van der Waals surface area contributed by atoms with Gasteiger partial charge in [-0.3, -0.25) is 15.1 Å². The molecular formula is C13H10Cl2N4OS. The largest absolute Gasteiger partial charge is 0.305 e. The van der Waals surface area contributed by atoms with Gasteiger partial charge in [0.2, 0.25) is 0 Å². The van der Waals surface area contributed by atoms with Gasteiger partial charge in [-0.2, -0.15) is 0 Å². The summed E-state index contributed by atoms with van der Waals surface area (Å²) in [4.78, 5) is 20.3. The number of amidine groups is 1. The third kappa shape index (κ3) is 3.23. The van der Waals surface area contributed by atoms with Crippen molar-refractivity contribution in [1.82, 2.24) is 14.9 Å². The molecule has 1 aromatic heterocycles. The molecular weight excluding hydrogens is 331 g/mol. The number of rotatable bonds is 2. The lowest BCUT2D eigenvalue weighted by molar-refractivity contribution is 0.0973. The summed E-state index contributed by atoms with van der Waals surface area (Å²) in [6, 6.07) is 5.21. The van der Waals surface area contributed by atoms with Gasteiger partial charge >= 0.3 is 0 Å². The van der Waals surface area contributed by atoms with E-state index < -0.39 is 0 Å². The van der Waals surface area contributed by atoms with Crippen LogP contribution in [0, 0.1) is 0 Å². The van der Waals surface area contributed by atoms with Crippen molar-refractivity contribution >= 4 is 46.0 Å². The lowest BCUT2D eigenvalue weighted by atomic mass is 10.3. The lowest BCUT2D eigenvalue weighted by Gasteiger charge is -2.03. The van der Waals surface area contributed by atoms with E-state index in [4.69, 9.17) is 23.2 Å². The molecule has 0 bridgehead atoms. The molecule has 0 atom stereocenters. The molecule has 0 fully saturated rings. The van der Waals surface area contributed by atoms with E-state index in [1.54, 1.807) is 35.3 Å². The number of carbonyl (C=O) groups excluding carboxylic acids is 1. The molecule has 0 radical (unpaired) electrons. The topological polar surface area (TPSA) is 59.3 Å².